The number of hydrogen-bond donors (Lipinski definition) is 1. The van der Waals surface area contributed by atoms with Gasteiger partial charge in [0.15, 0.2) is 0 Å². The van der Waals surface area contributed by atoms with Crippen LogP contribution in [0.25, 0.3) is 0 Å². The minimum atomic E-state index is -5.13. The van der Waals surface area contributed by atoms with Gasteiger partial charge in [-0.3, -0.25) is 4.79 Å². The van der Waals surface area contributed by atoms with Crippen LogP contribution in [0.2, 0.25) is 0 Å². The topological polar surface area (TPSA) is 52.9 Å². The first-order valence-corrected chi connectivity index (χ1v) is 7.65. The largest absolute Gasteiger partial charge is 0.438 e. The molecule has 0 spiro atoms. The van der Waals surface area contributed by atoms with Crippen molar-refractivity contribution in [3.05, 3.63) is 71.0 Å². The molecule has 2 aromatic rings. The van der Waals surface area contributed by atoms with E-state index >= 15 is 0 Å². The highest BCUT2D eigenvalue weighted by molar-refractivity contribution is 6.05. The van der Waals surface area contributed by atoms with E-state index in [2.05, 4.69) is 5.10 Å². The summed E-state index contributed by atoms with van der Waals surface area (Å²) in [5.41, 5.74) is -2.66. The van der Waals surface area contributed by atoms with Crippen molar-refractivity contribution in [3.8, 4) is 0 Å². The van der Waals surface area contributed by atoms with Crippen LogP contribution in [0.4, 0.5) is 17.6 Å². The summed E-state index contributed by atoms with van der Waals surface area (Å²) in [6.45, 7) is 1.76. The van der Waals surface area contributed by atoms with Crippen LogP contribution < -0.4 is 0 Å². The van der Waals surface area contributed by atoms with Crippen LogP contribution in [0.1, 0.15) is 27.9 Å². The molecule has 0 aromatic heterocycles. The maximum atomic E-state index is 13.5. The fourth-order valence-corrected chi connectivity index (χ4v) is 2.60. The lowest BCUT2D eigenvalue weighted by molar-refractivity contribution is -0.297. The summed E-state index contributed by atoms with van der Waals surface area (Å²) in [5.74, 6) is -1.65. The normalized spacial score (nSPS) is 20.2. The molecule has 1 aliphatic heterocycles. The van der Waals surface area contributed by atoms with Gasteiger partial charge in [0.1, 0.15) is 5.82 Å². The second-order valence-corrected chi connectivity index (χ2v) is 6.03. The monoisotopic (exact) mass is 366 g/mol. The third-order valence-electron chi connectivity index (χ3n) is 4.11. The minimum Gasteiger partial charge on any atom is -0.362 e. The molecule has 0 fully saturated rings. The van der Waals surface area contributed by atoms with Crippen molar-refractivity contribution in [3.63, 3.8) is 0 Å². The van der Waals surface area contributed by atoms with Gasteiger partial charge in [0.25, 0.3) is 11.6 Å². The Labute approximate surface area is 146 Å². The van der Waals surface area contributed by atoms with Crippen LogP contribution in [-0.4, -0.2) is 33.6 Å². The third kappa shape index (κ3) is 3.08. The molecule has 8 heteroatoms. The number of halogens is 4. The maximum absolute atomic E-state index is 13.5. The van der Waals surface area contributed by atoms with Crippen LogP contribution in [0.5, 0.6) is 0 Å². The van der Waals surface area contributed by atoms with Gasteiger partial charge >= 0.3 is 6.18 Å². The molecule has 0 saturated carbocycles. The lowest BCUT2D eigenvalue weighted by Gasteiger charge is -2.32. The van der Waals surface area contributed by atoms with E-state index in [9.17, 15) is 27.5 Å². The fourth-order valence-electron chi connectivity index (χ4n) is 2.60. The number of nitrogens with zero attached hydrogens (tertiary/aromatic N) is 2. The number of aryl methyl sites for hydroxylation is 1. The standard InChI is InChI=1S/C18H14F4N2O2/c1-11-2-4-13(5-3-11)16(25)24-17(26,18(20,21)22)10-15(23-24)12-6-8-14(19)9-7-12/h2-9,26H,10H2,1H3. The van der Waals surface area contributed by atoms with E-state index in [0.717, 1.165) is 17.7 Å². The van der Waals surface area contributed by atoms with Gasteiger partial charge in [0, 0.05) is 5.56 Å². The molecule has 26 heavy (non-hydrogen) atoms. The molecule has 0 aliphatic carbocycles. The number of hydrogen-bond acceptors (Lipinski definition) is 3. The van der Waals surface area contributed by atoms with E-state index in [1.54, 1.807) is 19.1 Å². The van der Waals surface area contributed by atoms with Gasteiger partial charge in [-0.1, -0.05) is 29.8 Å². The molecule has 1 atom stereocenters. The highest BCUT2D eigenvalue weighted by Crippen LogP contribution is 2.42. The average molecular weight is 366 g/mol. The second kappa shape index (κ2) is 6.21. The first-order valence-electron chi connectivity index (χ1n) is 7.65. The molecule has 1 amide bonds. The van der Waals surface area contributed by atoms with Gasteiger partial charge in [-0.25, -0.2) is 4.39 Å². The van der Waals surface area contributed by atoms with Crippen molar-refractivity contribution in [2.24, 2.45) is 5.10 Å². The van der Waals surface area contributed by atoms with Crippen molar-refractivity contribution >= 4 is 11.6 Å². The molecule has 3 rings (SSSR count). The zero-order chi connectivity index (χ0) is 19.1. The number of aliphatic hydroxyl groups is 1. The van der Waals surface area contributed by atoms with Crippen molar-refractivity contribution in [1.82, 2.24) is 5.01 Å². The summed E-state index contributed by atoms with van der Waals surface area (Å²) in [5, 5.41) is 14.0. The summed E-state index contributed by atoms with van der Waals surface area (Å²) in [6.07, 6.45) is -6.07. The number of amides is 1. The Morgan fingerprint density at radius 3 is 2.23 bits per heavy atom. The summed E-state index contributed by atoms with van der Waals surface area (Å²) < 4.78 is 53.6. The zero-order valence-corrected chi connectivity index (χ0v) is 13.6. The van der Waals surface area contributed by atoms with Crippen molar-refractivity contribution in [2.45, 2.75) is 25.2 Å². The Kier molecular flexibility index (Phi) is 4.31. The van der Waals surface area contributed by atoms with Gasteiger partial charge in [-0.2, -0.15) is 23.3 Å². The molecule has 4 nitrogen and oxygen atoms in total. The fraction of sp³-hybridized carbons (Fsp3) is 0.222. The lowest BCUT2D eigenvalue weighted by atomic mass is 10.0. The second-order valence-electron chi connectivity index (χ2n) is 6.03. The van der Waals surface area contributed by atoms with Crippen LogP contribution in [-0.2, 0) is 0 Å². The molecular weight excluding hydrogens is 352 g/mol. The number of carbonyl (C=O) groups excluding carboxylic acids is 1. The summed E-state index contributed by atoms with van der Waals surface area (Å²) in [6, 6.07) is 10.5. The quantitative estimate of drug-likeness (QED) is 0.825. The molecule has 2 aromatic carbocycles. The van der Waals surface area contributed by atoms with Crippen molar-refractivity contribution in [2.75, 3.05) is 0 Å². The van der Waals surface area contributed by atoms with E-state index in [4.69, 9.17) is 0 Å². The van der Waals surface area contributed by atoms with Crippen molar-refractivity contribution in [1.29, 1.82) is 0 Å². The van der Waals surface area contributed by atoms with Gasteiger partial charge in [-0.15, -0.1) is 0 Å². The molecule has 1 unspecified atom stereocenters. The molecule has 0 bridgehead atoms. The highest BCUT2D eigenvalue weighted by Gasteiger charge is 2.63. The Morgan fingerprint density at radius 2 is 1.69 bits per heavy atom. The number of carbonyl (C=O) groups is 1. The number of rotatable bonds is 2. The van der Waals surface area contributed by atoms with Gasteiger partial charge in [0.05, 0.1) is 12.1 Å². The third-order valence-corrected chi connectivity index (χ3v) is 4.11. The van der Waals surface area contributed by atoms with Gasteiger partial charge in [-0.05, 0) is 36.8 Å². The molecule has 1 aliphatic rings. The average Bonchev–Trinajstić information content (AvgIpc) is 2.94. The van der Waals surface area contributed by atoms with E-state index < -0.39 is 30.0 Å². The Bertz CT molecular complexity index is 860. The van der Waals surface area contributed by atoms with Crippen LogP contribution in [0, 0.1) is 12.7 Å². The van der Waals surface area contributed by atoms with E-state index in [1.165, 1.54) is 24.3 Å². The van der Waals surface area contributed by atoms with Crippen LogP contribution in [0.15, 0.2) is 53.6 Å². The lowest BCUT2D eigenvalue weighted by Crippen LogP contribution is -2.56. The smallest absolute Gasteiger partial charge is 0.362 e. The Hall–Kier alpha value is -2.74. The van der Waals surface area contributed by atoms with E-state index in [-0.39, 0.29) is 21.8 Å². The molecular formula is C18H14F4N2O2. The number of alkyl halides is 3. The molecule has 136 valence electrons. The van der Waals surface area contributed by atoms with E-state index in [1.807, 2.05) is 0 Å². The minimum absolute atomic E-state index is 0.0395. The first-order chi connectivity index (χ1) is 12.1. The predicted octanol–water partition coefficient (Wildman–Crippen LogP) is 3.64. The van der Waals surface area contributed by atoms with Gasteiger partial charge < -0.3 is 5.11 Å². The van der Waals surface area contributed by atoms with Crippen LogP contribution >= 0.6 is 0 Å². The molecule has 0 radical (unpaired) electrons. The number of benzene rings is 2. The predicted molar refractivity (Wildman–Crippen MR) is 85.9 cm³/mol. The first kappa shape index (κ1) is 18.1. The Morgan fingerprint density at radius 1 is 1.12 bits per heavy atom. The molecule has 1 heterocycles. The molecule has 1 N–H and O–H groups in total. The van der Waals surface area contributed by atoms with Crippen molar-refractivity contribution < 1.29 is 27.5 Å². The zero-order valence-electron chi connectivity index (χ0n) is 13.6. The van der Waals surface area contributed by atoms with Crippen LogP contribution in [0.3, 0.4) is 0 Å². The SMILES string of the molecule is Cc1ccc(C(=O)N2N=C(c3ccc(F)cc3)CC2(O)C(F)(F)F)cc1. The van der Waals surface area contributed by atoms with Gasteiger partial charge in [0.2, 0.25) is 0 Å². The highest BCUT2D eigenvalue weighted by atomic mass is 19.4. The van der Waals surface area contributed by atoms with E-state index in [0.29, 0.717) is 0 Å². The summed E-state index contributed by atoms with van der Waals surface area (Å²) >= 11 is 0. The summed E-state index contributed by atoms with van der Waals surface area (Å²) in [7, 11) is 0. The Balaban J connectivity index is 2.03. The molecule has 0 saturated heterocycles. The summed E-state index contributed by atoms with van der Waals surface area (Å²) in [4.78, 5) is 12.6. The number of hydrazone groups is 1. The maximum Gasteiger partial charge on any atom is 0.438 e.